The van der Waals surface area contributed by atoms with E-state index >= 15 is 0 Å². The lowest BCUT2D eigenvalue weighted by molar-refractivity contribution is -0.660. The molecule has 2 heterocycles. The average Bonchev–Trinajstić information content (AvgIpc) is 2.95. The average molecular weight is 574 g/mol. The Hall–Kier alpha value is -3.84. The van der Waals surface area contributed by atoms with Gasteiger partial charge in [-0.05, 0) is 70.6 Å². The Bertz CT molecular complexity index is 1870. The van der Waals surface area contributed by atoms with Crippen molar-refractivity contribution in [2.45, 2.75) is 68.7 Å². The van der Waals surface area contributed by atoms with Gasteiger partial charge in [-0.3, -0.25) is 0 Å². The highest BCUT2D eigenvalue weighted by Crippen LogP contribution is 2.27. The molecule has 1 aliphatic rings. The standard InChI is InChI=1S/C41H46B2N/c1-26-15-13-16-27(2)38(26)42-34-19-11-12-20-35(34)43(39-28(3)17-14-18-29(39)4)40-31(6)33(21-22-36(40)42)37-23-32(24-41(7,8)9)30(5)25-44(37)10/h11-23,25H,24H2,1-10H3/q+1. The van der Waals surface area contributed by atoms with E-state index in [9.17, 15) is 0 Å². The van der Waals surface area contributed by atoms with Gasteiger partial charge in [0.25, 0.3) is 0 Å². The van der Waals surface area contributed by atoms with Crippen molar-refractivity contribution in [3.63, 3.8) is 0 Å². The molecule has 0 spiro atoms. The Morgan fingerprint density at radius 3 is 1.64 bits per heavy atom. The van der Waals surface area contributed by atoms with Gasteiger partial charge in [-0.2, -0.15) is 0 Å². The topological polar surface area (TPSA) is 3.88 Å². The first kappa shape index (κ1) is 30.2. The first-order valence-corrected chi connectivity index (χ1v) is 16.2. The number of pyridine rings is 1. The minimum absolute atomic E-state index is 0.174. The molecule has 0 aliphatic carbocycles. The van der Waals surface area contributed by atoms with E-state index in [2.05, 4.69) is 159 Å². The summed E-state index contributed by atoms with van der Waals surface area (Å²) >= 11 is 0. The second kappa shape index (κ2) is 11.3. The molecule has 1 nitrogen and oxygen atoms in total. The lowest BCUT2D eigenvalue weighted by Gasteiger charge is -2.36. The third-order valence-electron chi connectivity index (χ3n) is 10.0. The third-order valence-corrected chi connectivity index (χ3v) is 10.0. The molecule has 0 amide bonds. The quantitative estimate of drug-likeness (QED) is 0.207. The van der Waals surface area contributed by atoms with Crippen LogP contribution in [-0.4, -0.2) is 13.4 Å². The zero-order valence-electron chi connectivity index (χ0n) is 28.4. The van der Waals surface area contributed by atoms with Crippen molar-refractivity contribution in [2.24, 2.45) is 12.5 Å². The Balaban J connectivity index is 1.70. The summed E-state index contributed by atoms with van der Waals surface area (Å²) in [4.78, 5) is 0. The summed E-state index contributed by atoms with van der Waals surface area (Å²) in [6.07, 6.45) is 3.39. The predicted octanol–water partition coefficient (Wildman–Crippen LogP) is 4.96. The molecule has 1 aromatic heterocycles. The Labute approximate surface area is 266 Å². The summed E-state index contributed by atoms with van der Waals surface area (Å²) in [5.41, 5.74) is 21.2. The van der Waals surface area contributed by atoms with Crippen molar-refractivity contribution < 1.29 is 4.57 Å². The van der Waals surface area contributed by atoms with Gasteiger partial charge in [0.15, 0.2) is 6.20 Å². The van der Waals surface area contributed by atoms with Crippen LogP contribution in [-0.2, 0) is 13.5 Å². The Morgan fingerprint density at radius 1 is 0.568 bits per heavy atom. The number of hydrogen-bond acceptors (Lipinski definition) is 0. The number of aryl methyl sites for hydroxylation is 6. The van der Waals surface area contributed by atoms with E-state index in [0.717, 1.165) is 6.42 Å². The first-order valence-electron chi connectivity index (χ1n) is 16.2. The summed E-state index contributed by atoms with van der Waals surface area (Å²) in [5.74, 6) is 0. The van der Waals surface area contributed by atoms with Gasteiger partial charge < -0.3 is 0 Å². The van der Waals surface area contributed by atoms with Crippen LogP contribution in [0.3, 0.4) is 0 Å². The van der Waals surface area contributed by atoms with Crippen LogP contribution < -0.4 is 37.3 Å². The van der Waals surface area contributed by atoms with E-state index < -0.39 is 0 Å². The molecule has 0 unspecified atom stereocenters. The van der Waals surface area contributed by atoms with E-state index in [-0.39, 0.29) is 18.8 Å². The summed E-state index contributed by atoms with van der Waals surface area (Å²) in [5, 5.41) is 0. The molecule has 0 radical (unpaired) electrons. The van der Waals surface area contributed by atoms with Crippen molar-refractivity contribution in [1.29, 1.82) is 0 Å². The molecule has 0 bridgehead atoms. The van der Waals surface area contributed by atoms with Crippen molar-refractivity contribution in [3.8, 4) is 11.3 Å². The number of nitrogens with zero attached hydrogens (tertiary/aromatic N) is 1. The fourth-order valence-electron chi connectivity index (χ4n) is 8.05. The number of benzene rings is 4. The van der Waals surface area contributed by atoms with Crippen LogP contribution in [0.15, 0.2) is 85.1 Å². The second-order valence-electron chi connectivity index (χ2n) is 14.6. The summed E-state index contributed by atoms with van der Waals surface area (Å²) < 4.78 is 2.34. The lowest BCUT2D eigenvalue weighted by atomic mass is 9.20. The minimum Gasteiger partial charge on any atom is -0.201 e. The molecule has 6 rings (SSSR count). The molecule has 0 atom stereocenters. The maximum absolute atomic E-state index is 2.47. The number of aromatic nitrogens is 1. The van der Waals surface area contributed by atoms with E-state index in [4.69, 9.17) is 0 Å². The van der Waals surface area contributed by atoms with Crippen molar-refractivity contribution in [2.75, 3.05) is 0 Å². The maximum atomic E-state index is 2.47. The number of hydrogen-bond donors (Lipinski definition) is 0. The second-order valence-corrected chi connectivity index (χ2v) is 14.6. The van der Waals surface area contributed by atoms with E-state index in [1.54, 1.807) is 0 Å². The van der Waals surface area contributed by atoms with Crippen molar-refractivity contribution >= 4 is 46.2 Å². The van der Waals surface area contributed by atoms with Crippen LogP contribution >= 0.6 is 0 Å². The van der Waals surface area contributed by atoms with Gasteiger partial charge in [-0.15, -0.1) is 0 Å². The Morgan fingerprint density at radius 2 is 1.09 bits per heavy atom. The minimum atomic E-state index is 0.174. The highest BCUT2D eigenvalue weighted by molar-refractivity contribution is 7.11. The molecule has 0 saturated heterocycles. The van der Waals surface area contributed by atoms with Crippen LogP contribution in [0, 0.1) is 47.0 Å². The molecular formula is C41H46B2N+. The van der Waals surface area contributed by atoms with E-state index in [0.29, 0.717) is 0 Å². The van der Waals surface area contributed by atoms with Crippen molar-refractivity contribution in [1.82, 2.24) is 0 Å². The van der Waals surface area contributed by atoms with Crippen LogP contribution in [0.5, 0.6) is 0 Å². The highest BCUT2D eigenvalue weighted by atomic mass is 14.9. The van der Waals surface area contributed by atoms with E-state index in [1.165, 1.54) is 83.0 Å². The normalized spacial score (nSPS) is 12.8. The number of fused-ring (bicyclic) bond motifs is 2. The number of rotatable bonds is 4. The largest absolute Gasteiger partial charge is 0.241 e. The maximum Gasteiger partial charge on any atom is 0.241 e. The molecule has 0 N–H and O–H groups in total. The molecular weight excluding hydrogens is 528 g/mol. The van der Waals surface area contributed by atoms with Crippen LogP contribution in [0.1, 0.15) is 59.7 Å². The van der Waals surface area contributed by atoms with Gasteiger partial charge >= 0.3 is 0 Å². The van der Waals surface area contributed by atoms with E-state index in [1.807, 2.05) is 0 Å². The SMILES string of the molecule is Cc1c[n+](C)c(-c2ccc3c(c2C)B(c2c(C)cccc2C)c2ccccc2B3c2c(C)cccc2C)cc1CC(C)(C)C. The van der Waals surface area contributed by atoms with Crippen LogP contribution in [0.2, 0.25) is 0 Å². The van der Waals surface area contributed by atoms with Gasteiger partial charge in [0, 0.05) is 17.2 Å². The fourth-order valence-corrected chi connectivity index (χ4v) is 8.05. The van der Waals surface area contributed by atoms with Gasteiger partial charge in [0.1, 0.15) is 7.05 Å². The Kier molecular flexibility index (Phi) is 7.73. The fraction of sp³-hybridized carbons (Fsp3) is 0.293. The van der Waals surface area contributed by atoms with Gasteiger partial charge in [-0.1, -0.05) is 143 Å². The predicted molar refractivity (Wildman–Crippen MR) is 193 cm³/mol. The highest BCUT2D eigenvalue weighted by Gasteiger charge is 2.42. The van der Waals surface area contributed by atoms with Crippen LogP contribution in [0.25, 0.3) is 11.3 Å². The van der Waals surface area contributed by atoms with Crippen LogP contribution in [0.4, 0.5) is 0 Å². The molecule has 0 fully saturated rings. The molecule has 1 aliphatic heterocycles. The molecule has 4 aromatic carbocycles. The van der Waals surface area contributed by atoms with Gasteiger partial charge in [0.2, 0.25) is 19.1 Å². The molecule has 44 heavy (non-hydrogen) atoms. The summed E-state index contributed by atoms with van der Waals surface area (Å²) in [6, 6.07) is 30.2. The third kappa shape index (κ3) is 5.15. The zero-order chi connectivity index (χ0) is 31.5. The lowest BCUT2D eigenvalue weighted by Crippen LogP contribution is -2.76. The summed E-state index contributed by atoms with van der Waals surface area (Å²) in [7, 11) is 2.21. The van der Waals surface area contributed by atoms with Gasteiger partial charge in [-0.25, -0.2) is 4.57 Å². The first-order chi connectivity index (χ1) is 20.9. The molecule has 0 saturated carbocycles. The summed E-state index contributed by atoms with van der Waals surface area (Å²) in [6.45, 7) is 21.2. The zero-order valence-corrected chi connectivity index (χ0v) is 28.4. The van der Waals surface area contributed by atoms with Crippen molar-refractivity contribution in [3.05, 3.63) is 124 Å². The molecule has 220 valence electrons. The molecule has 3 heteroatoms. The van der Waals surface area contributed by atoms with Gasteiger partial charge in [0.05, 0.1) is 0 Å². The monoisotopic (exact) mass is 574 g/mol. The smallest absolute Gasteiger partial charge is 0.201 e. The molecule has 5 aromatic rings.